The lowest BCUT2D eigenvalue weighted by atomic mass is 10.1. The molecule has 1 N–H and O–H groups in total. The van der Waals surface area contributed by atoms with Crippen LogP contribution in [0, 0.1) is 0 Å². The molecule has 0 aliphatic carbocycles. The average Bonchev–Trinajstić information content (AvgIpc) is 2.79. The van der Waals surface area contributed by atoms with Crippen LogP contribution in [0.3, 0.4) is 0 Å². The zero-order chi connectivity index (χ0) is 21.9. The summed E-state index contributed by atoms with van der Waals surface area (Å²) in [7, 11) is 1.51. The Hall–Kier alpha value is -2.74. The van der Waals surface area contributed by atoms with Crippen molar-refractivity contribution in [1.82, 2.24) is 10.2 Å². The Morgan fingerprint density at radius 2 is 1.81 bits per heavy atom. The molecule has 1 heterocycles. The number of methoxy groups -OCH3 is 1. The number of rotatable bonds is 10. The Morgan fingerprint density at radius 1 is 1.06 bits per heavy atom. The molecule has 0 saturated carbocycles. The summed E-state index contributed by atoms with van der Waals surface area (Å²) < 4.78 is 10.4. The second kappa shape index (κ2) is 12.2. The van der Waals surface area contributed by atoms with Crippen LogP contribution in [0.15, 0.2) is 54.6 Å². The maximum absolute atomic E-state index is 12.7. The van der Waals surface area contributed by atoms with Gasteiger partial charge in [-0.3, -0.25) is 14.5 Å². The number of morpholine rings is 1. The van der Waals surface area contributed by atoms with Gasteiger partial charge in [-0.2, -0.15) is 0 Å². The van der Waals surface area contributed by atoms with E-state index in [9.17, 15) is 9.59 Å². The summed E-state index contributed by atoms with van der Waals surface area (Å²) in [5, 5.41) is 2.99. The lowest BCUT2D eigenvalue weighted by Gasteiger charge is -2.26. The maximum atomic E-state index is 12.7. The highest BCUT2D eigenvalue weighted by atomic mass is 16.5. The maximum Gasteiger partial charge on any atom is 0.253 e. The average molecular weight is 426 g/mol. The number of carbonyl (C=O) groups excluding carboxylic acids is 2. The number of hydrogen-bond donors (Lipinski definition) is 1. The van der Waals surface area contributed by atoms with Crippen molar-refractivity contribution in [3.8, 4) is 0 Å². The van der Waals surface area contributed by atoms with Crippen LogP contribution < -0.4 is 10.2 Å². The van der Waals surface area contributed by atoms with Crippen molar-refractivity contribution in [2.45, 2.75) is 13.0 Å². The van der Waals surface area contributed by atoms with Crippen LogP contribution >= 0.6 is 0 Å². The van der Waals surface area contributed by atoms with E-state index in [0.29, 0.717) is 13.1 Å². The first kappa shape index (κ1) is 22.9. The van der Waals surface area contributed by atoms with E-state index in [1.165, 1.54) is 7.11 Å². The predicted octanol–water partition coefficient (Wildman–Crippen LogP) is 1.86. The van der Waals surface area contributed by atoms with E-state index < -0.39 is 0 Å². The quantitative estimate of drug-likeness (QED) is 0.629. The molecule has 1 aliphatic rings. The Kier molecular flexibility index (Phi) is 9.02. The zero-order valence-corrected chi connectivity index (χ0v) is 18.1. The van der Waals surface area contributed by atoms with Crippen molar-refractivity contribution >= 4 is 17.5 Å². The van der Waals surface area contributed by atoms with Gasteiger partial charge in [0, 0.05) is 39.0 Å². The lowest BCUT2D eigenvalue weighted by Crippen LogP contribution is -2.41. The second-order valence-electron chi connectivity index (χ2n) is 7.55. The molecule has 0 spiro atoms. The molecule has 7 nitrogen and oxygen atoms in total. The van der Waals surface area contributed by atoms with Crippen LogP contribution in [0.2, 0.25) is 0 Å². The molecule has 2 aromatic rings. The van der Waals surface area contributed by atoms with Crippen molar-refractivity contribution in [1.29, 1.82) is 0 Å². The van der Waals surface area contributed by atoms with Gasteiger partial charge in [-0.25, -0.2) is 0 Å². The van der Waals surface area contributed by atoms with Gasteiger partial charge in [0.1, 0.15) is 6.61 Å². The van der Waals surface area contributed by atoms with Gasteiger partial charge in [-0.05, 0) is 23.3 Å². The van der Waals surface area contributed by atoms with Gasteiger partial charge in [0.25, 0.3) is 5.91 Å². The number of nitrogens with one attached hydrogen (secondary N) is 1. The second-order valence-corrected chi connectivity index (χ2v) is 7.55. The molecular formula is C24H31N3O4. The minimum Gasteiger partial charge on any atom is -0.379 e. The molecule has 7 heteroatoms. The molecule has 1 saturated heterocycles. The Labute approximate surface area is 183 Å². The molecule has 3 rings (SSSR count). The molecular weight excluding hydrogens is 394 g/mol. The first-order chi connectivity index (χ1) is 15.2. The van der Waals surface area contributed by atoms with Gasteiger partial charge in [0.2, 0.25) is 5.91 Å². The summed E-state index contributed by atoms with van der Waals surface area (Å²) in [4.78, 5) is 29.1. The van der Waals surface area contributed by atoms with Crippen LogP contribution in [0.4, 0.5) is 5.69 Å². The monoisotopic (exact) mass is 425 g/mol. The zero-order valence-electron chi connectivity index (χ0n) is 18.1. The third kappa shape index (κ3) is 7.47. The van der Waals surface area contributed by atoms with Crippen LogP contribution in [0.5, 0.6) is 0 Å². The lowest BCUT2D eigenvalue weighted by molar-refractivity contribution is -0.122. The first-order valence-electron chi connectivity index (χ1n) is 10.6. The molecule has 166 valence electrons. The first-order valence-corrected chi connectivity index (χ1v) is 10.6. The van der Waals surface area contributed by atoms with Gasteiger partial charge in [0.05, 0.1) is 26.2 Å². The largest absolute Gasteiger partial charge is 0.379 e. The number of carbonyl (C=O) groups is 2. The minimum atomic E-state index is -0.126. The summed E-state index contributed by atoms with van der Waals surface area (Å²) in [6, 6.07) is 17.4. The van der Waals surface area contributed by atoms with Gasteiger partial charge in [0.15, 0.2) is 0 Å². The molecule has 31 heavy (non-hydrogen) atoms. The fourth-order valence-electron chi connectivity index (χ4n) is 3.55. The van der Waals surface area contributed by atoms with E-state index in [-0.39, 0.29) is 24.8 Å². The summed E-state index contributed by atoms with van der Waals surface area (Å²) >= 11 is 0. The van der Waals surface area contributed by atoms with E-state index in [1.807, 2.05) is 54.6 Å². The number of nitrogens with zero attached hydrogens (tertiary/aromatic N) is 2. The highest BCUT2D eigenvalue weighted by molar-refractivity contribution is 5.94. The van der Waals surface area contributed by atoms with Crippen molar-refractivity contribution in [2.24, 2.45) is 0 Å². The van der Waals surface area contributed by atoms with Crippen LogP contribution in [-0.2, 0) is 32.0 Å². The molecule has 2 amide bonds. The number of hydrogen-bond acceptors (Lipinski definition) is 5. The van der Waals surface area contributed by atoms with E-state index >= 15 is 0 Å². The van der Waals surface area contributed by atoms with Crippen LogP contribution in [0.25, 0.3) is 0 Å². The fourth-order valence-corrected chi connectivity index (χ4v) is 3.55. The Balaban J connectivity index is 1.60. The molecule has 0 aromatic heterocycles. The van der Waals surface area contributed by atoms with E-state index in [2.05, 4.69) is 10.2 Å². The number of amides is 2. The Morgan fingerprint density at radius 3 is 2.55 bits per heavy atom. The fraction of sp³-hybridized carbons (Fsp3) is 0.417. The third-order valence-corrected chi connectivity index (χ3v) is 5.19. The van der Waals surface area contributed by atoms with Crippen molar-refractivity contribution in [3.05, 3.63) is 65.7 Å². The van der Waals surface area contributed by atoms with E-state index in [4.69, 9.17) is 9.47 Å². The molecule has 0 atom stereocenters. The van der Waals surface area contributed by atoms with E-state index in [0.717, 1.165) is 49.7 Å². The SMILES string of the molecule is COCC(=O)N(Cc1ccccc1)c1cccc(CC(=O)NCCN2CCOCC2)c1. The normalized spacial score (nSPS) is 14.2. The van der Waals surface area contributed by atoms with Crippen molar-refractivity contribution in [2.75, 3.05) is 58.0 Å². The highest BCUT2D eigenvalue weighted by Gasteiger charge is 2.17. The number of ether oxygens (including phenoxy) is 2. The van der Waals surface area contributed by atoms with Gasteiger partial charge in [-0.15, -0.1) is 0 Å². The highest BCUT2D eigenvalue weighted by Crippen LogP contribution is 2.20. The van der Waals surface area contributed by atoms with Gasteiger partial charge >= 0.3 is 0 Å². The molecule has 0 radical (unpaired) electrons. The van der Waals surface area contributed by atoms with Crippen molar-refractivity contribution in [3.63, 3.8) is 0 Å². The minimum absolute atomic E-state index is 0.000905. The van der Waals surface area contributed by atoms with Crippen LogP contribution in [0.1, 0.15) is 11.1 Å². The third-order valence-electron chi connectivity index (χ3n) is 5.19. The van der Waals surface area contributed by atoms with Gasteiger partial charge in [-0.1, -0.05) is 42.5 Å². The van der Waals surface area contributed by atoms with E-state index in [1.54, 1.807) is 4.90 Å². The topological polar surface area (TPSA) is 71.1 Å². The smallest absolute Gasteiger partial charge is 0.253 e. The summed E-state index contributed by atoms with van der Waals surface area (Å²) in [5.74, 6) is -0.151. The standard InChI is InChI=1S/C24H31N3O4/c1-30-19-24(29)27(18-20-6-3-2-4-7-20)22-9-5-8-21(16-22)17-23(28)25-10-11-26-12-14-31-15-13-26/h2-9,16H,10-15,17-19H2,1H3,(H,25,28). The molecule has 0 unspecified atom stereocenters. The van der Waals surface area contributed by atoms with Crippen LogP contribution in [-0.4, -0.2) is 69.8 Å². The molecule has 1 aliphatic heterocycles. The van der Waals surface area contributed by atoms with Crippen molar-refractivity contribution < 1.29 is 19.1 Å². The molecule has 0 bridgehead atoms. The predicted molar refractivity (Wildman–Crippen MR) is 120 cm³/mol. The number of benzene rings is 2. The summed E-state index contributed by atoms with van der Waals surface area (Å²) in [5.41, 5.74) is 2.65. The number of anilines is 1. The Bertz CT molecular complexity index is 838. The van der Waals surface area contributed by atoms with Gasteiger partial charge < -0.3 is 19.7 Å². The molecule has 2 aromatic carbocycles. The summed E-state index contributed by atoms with van der Waals surface area (Å²) in [6.45, 7) is 5.20. The molecule has 1 fully saturated rings. The summed E-state index contributed by atoms with van der Waals surface area (Å²) in [6.07, 6.45) is 0.272.